The van der Waals surface area contributed by atoms with Gasteiger partial charge in [-0.15, -0.1) is 0 Å². The molecule has 0 unspecified atom stereocenters. The summed E-state index contributed by atoms with van der Waals surface area (Å²) in [6.45, 7) is 6.92. The quantitative estimate of drug-likeness (QED) is 0.121. The summed E-state index contributed by atoms with van der Waals surface area (Å²) >= 11 is 14.0. The van der Waals surface area contributed by atoms with E-state index in [9.17, 15) is 4.79 Å². The Morgan fingerprint density at radius 3 is 2.30 bits per heavy atom. The first kappa shape index (κ1) is 36.1. The predicted molar refractivity (Wildman–Crippen MR) is 218 cm³/mol. The number of hydrogen-bond donors (Lipinski definition) is 2. The molecule has 0 radical (unpaired) electrons. The molecule has 0 atom stereocenters. The van der Waals surface area contributed by atoms with Crippen LogP contribution in [0.4, 0.5) is 11.4 Å². The SMILES string of the molecule is CCCc1cc(-n2cc(-c3c(Cl)cc(NC(C)C)cc3-c3cc(-n4cc(-c5ncc(NC6CCCC6)cc5Cl)cn4)cn(CC4CC4)c3=O)cn2)ccn1. The standard InChI is InChI=1S/C42H45Cl2N9O/c1-4-7-31-14-34(12-13-45-31)52-23-28(19-47-52)40-36(15-32(16-38(40)43)49-26(2)3)37-18-35(25-51(42(37)54)22-27-10-11-27)53-24-29(20-48-53)41-39(44)17-33(21-46-41)50-30-8-5-6-9-30/h12-21,23-27,30,49-50H,4-11,22H2,1-3H3. The van der Waals surface area contributed by atoms with Crippen LogP contribution in [0.3, 0.4) is 0 Å². The molecule has 278 valence electrons. The molecule has 0 amide bonds. The minimum Gasteiger partial charge on any atom is -0.383 e. The molecule has 2 N–H and O–H groups in total. The van der Waals surface area contributed by atoms with E-state index in [4.69, 9.17) is 38.4 Å². The second kappa shape index (κ2) is 15.4. The molecule has 54 heavy (non-hydrogen) atoms. The Hall–Kier alpha value is -4.93. The van der Waals surface area contributed by atoms with Crippen LogP contribution in [0.15, 0.2) is 84.6 Å². The van der Waals surface area contributed by atoms with Gasteiger partial charge in [0.1, 0.15) is 0 Å². The van der Waals surface area contributed by atoms with Crippen molar-refractivity contribution in [2.45, 2.75) is 90.8 Å². The Bertz CT molecular complexity index is 2350. The van der Waals surface area contributed by atoms with Crippen LogP contribution < -0.4 is 16.2 Å². The number of halogens is 2. The van der Waals surface area contributed by atoms with Crippen molar-refractivity contribution < 1.29 is 0 Å². The highest BCUT2D eigenvalue weighted by Crippen LogP contribution is 2.40. The molecule has 5 aromatic heterocycles. The molecule has 0 saturated heterocycles. The zero-order valence-electron chi connectivity index (χ0n) is 30.9. The molecule has 6 aromatic rings. The maximum atomic E-state index is 14.5. The molecule has 2 aliphatic carbocycles. The summed E-state index contributed by atoms with van der Waals surface area (Å²) in [5.74, 6) is 0.464. The van der Waals surface area contributed by atoms with Crippen LogP contribution in [-0.4, -0.2) is 46.2 Å². The predicted octanol–water partition coefficient (Wildman–Crippen LogP) is 9.85. The minimum absolute atomic E-state index is 0.0853. The largest absolute Gasteiger partial charge is 0.383 e. The summed E-state index contributed by atoms with van der Waals surface area (Å²) in [6, 6.07) is 12.4. The van der Waals surface area contributed by atoms with Gasteiger partial charge in [0.2, 0.25) is 0 Å². The summed E-state index contributed by atoms with van der Waals surface area (Å²) in [5, 5.41) is 17.6. The highest BCUT2D eigenvalue weighted by molar-refractivity contribution is 6.34. The molecule has 2 aliphatic rings. The lowest BCUT2D eigenvalue weighted by Crippen LogP contribution is -2.23. The zero-order chi connectivity index (χ0) is 37.3. The number of rotatable bonds is 13. The van der Waals surface area contributed by atoms with E-state index in [0.29, 0.717) is 45.4 Å². The van der Waals surface area contributed by atoms with Gasteiger partial charge < -0.3 is 15.2 Å². The number of benzene rings is 1. The molecule has 1 aromatic carbocycles. The monoisotopic (exact) mass is 761 g/mol. The maximum absolute atomic E-state index is 14.5. The number of aromatic nitrogens is 7. The molecule has 2 saturated carbocycles. The van der Waals surface area contributed by atoms with E-state index in [1.165, 1.54) is 25.7 Å². The lowest BCUT2D eigenvalue weighted by atomic mass is 9.95. The van der Waals surface area contributed by atoms with E-state index in [0.717, 1.165) is 70.8 Å². The average Bonchev–Trinajstić information content (AvgIpc) is 3.51. The molecule has 0 aliphatic heterocycles. The van der Waals surface area contributed by atoms with Crippen LogP contribution in [-0.2, 0) is 13.0 Å². The molecular formula is C42H45Cl2N9O. The van der Waals surface area contributed by atoms with Crippen LogP contribution in [0, 0.1) is 5.92 Å². The fourth-order valence-electron chi connectivity index (χ4n) is 7.40. The summed E-state index contributed by atoms with van der Waals surface area (Å²) in [6.07, 6.45) is 21.9. The van der Waals surface area contributed by atoms with Crippen molar-refractivity contribution in [3.63, 3.8) is 0 Å². The highest BCUT2D eigenvalue weighted by atomic mass is 35.5. The Morgan fingerprint density at radius 1 is 0.815 bits per heavy atom. The Labute approximate surface area is 325 Å². The number of nitrogens with one attached hydrogen (secondary N) is 2. The molecule has 12 heteroatoms. The van der Waals surface area contributed by atoms with Crippen molar-refractivity contribution in [3.05, 3.63) is 106 Å². The van der Waals surface area contributed by atoms with Crippen LogP contribution >= 0.6 is 23.2 Å². The number of hydrogen-bond acceptors (Lipinski definition) is 7. The first-order valence-corrected chi connectivity index (χ1v) is 19.8. The van der Waals surface area contributed by atoms with Crippen molar-refractivity contribution >= 4 is 34.6 Å². The molecule has 0 bridgehead atoms. The van der Waals surface area contributed by atoms with Crippen molar-refractivity contribution in [3.8, 4) is 44.9 Å². The van der Waals surface area contributed by atoms with E-state index >= 15 is 0 Å². The molecule has 10 nitrogen and oxygen atoms in total. The fraction of sp³-hybridized carbons (Fsp3) is 0.357. The summed E-state index contributed by atoms with van der Waals surface area (Å²) in [5.41, 5.74) is 8.53. The van der Waals surface area contributed by atoms with E-state index in [2.05, 4.69) is 42.5 Å². The van der Waals surface area contributed by atoms with Gasteiger partial charge >= 0.3 is 0 Å². The Morgan fingerprint density at radius 2 is 1.56 bits per heavy atom. The van der Waals surface area contributed by atoms with Gasteiger partial charge in [-0.1, -0.05) is 49.4 Å². The van der Waals surface area contributed by atoms with E-state index in [1.54, 1.807) is 17.1 Å². The number of nitrogens with zero attached hydrogens (tertiary/aromatic N) is 7. The Kier molecular flexibility index (Phi) is 10.3. The smallest absolute Gasteiger partial charge is 0.258 e. The van der Waals surface area contributed by atoms with Gasteiger partial charge in [-0.3, -0.25) is 14.8 Å². The van der Waals surface area contributed by atoms with Gasteiger partial charge in [-0.05, 0) is 93.8 Å². The van der Waals surface area contributed by atoms with Gasteiger partial charge in [0.05, 0.1) is 57.0 Å². The Balaban J connectivity index is 1.21. The lowest BCUT2D eigenvalue weighted by Gasteiger charge is -2.18. The second-order valence-corrected chi connectivity index (χ2v) is 15.8. The van der Waals surface area contributed by atoms with Crippen molar-refractivity contribution in [2.24, 2.45) is 5.92 Å². The van der Waals surface area contributed by atoms with Crippen molar-refractivity contribution in [2.75, 3.05) is 10.6 Å². The van der Waals surface area contributed by atoms with Gasteiger partial charge in [-0.2, -0.15) is 10.2 Å². The first-order valence-electron chi connectivity index (χ1n) is 19.0. The fourth-order valence-corrected chi connectivity index (χ4v) is 8.00. The van der Waals surface area contributed by atoms with Crippen LogP contribution in [0.1, 0.15) is 71.4 Å². The molecular weight excluding hydrogens is 717 g/mol. The third-order valence-electron chi connectivity index (χ3n) is 10.2. The van der Waals surface area contributed by atoms with Crippen LogP contribution in [0.25, 0.3) is 44.9 Å². The first-order chi connectivity index (χ1) is 26.2. The van der Waals surface area contributed by atoms with Crippen molar-refractivity contribution in [1.82, 2.24) is 34.1 Å². The van der Waals surface area contributed by atoms with E-state index < -0.39 is 0 Å². The highest BCUT2D eigenvalue weighted by Gasteiger charge is 2.25. The number of aryl methyl sites for hydroxylation is 1. The lowest BCUT2D eigenvalue weighted by molar-refractivity contribution is 0.604. The van der Waals surface area contributed by atoms with Crippen molar-refractivity contribution in [1.29, 1.82) is 0 Å². The zero-order valence-corrected chi connectivity index (χ0v) is 32.4. The van der Waals surface area contributed by atoms with E-state index in [-0.39, 0.29) is 11.6 Å². The summed E-state index contributed by atoms with van der Waals surface area (Å²) < 4.78 is 5.45. The minimum atomic E-state index is -0.0853. The molecule has 0 spiro atoms. The van der Waals surface area contributed by atoms with E-state index in [1.807, 2.05) is 70.6 Å². The maximum Gasteiger partial charge on any atom is 0.258 e. The third-order valence-corrected chi connectivity index (χ3v) is 10.8. The molecule has 5 heterocycles. The summed E-state index contributed by atoms with van der Waals surface area (Å²) in [7, 11) is 0. The van der Waals surface area contributed by atoms with Gasteiger partial charge in [0.25, 0.3) is 5.56 Å². The average molecular weight is 763 g/mol. The molecule has 8 rings (SSSR count). The molecule has 2 fully saturated rings. The number of pyridine rings is 3. The van der Waals surface area contributed by atoms with Crippen LogP contribution in [0.5, 0.6) is 0 Å². The summed E-state index contributed by atoms with van der Waals surface area (Å²) in [4.78, 5) is 23.8. The van der Waals surface area contributed by atoms with Gasteiger partial charge in [0.15, 0.2) is 0 Å². The number of anilines is 2. The van der Waals surface area contributed by atoms with Crippen LogP contribution in [0.2, 0.25) is 10.0 Å². The third kappa shape index (κ3) is 7.81. The normalized spacial score (nSPS) is 14.6. The second-order valence-electron chi connectivity index (χ2n) is 15.0. The van der Waals surface area contributed by atoms with Gasteiger partial charge in [0, 0.05) is 71.5 Å². The van der Waals surface area contributed by atoms with Gasteiger partial charge in [-0.25, -0.2) is 9.36 Å². The topological polar surface area (TPSA) is 107 Å².